The molecule has 180 valence electrons. The second-order valence-electron chi connectivity index (χ2n) is 7.24. The van der Waals surface area contributed by atoms with E-state index in [-0.39, 0.29) is 42.7 Å². The predicted molar refractivity (Wildman–Crippen MR) is 116 cm³/mol. The van der Waals surface area contributed by atoms with E-state index >= 15 is 0 Å². The van der Waals surface area contributed by atoms with Crippen LogP contribution in [0.5, 0.6) is 5.75 Å². The predicted octanol–water partition coefficient (Wildman–Crippen LogP) is 2.88. The van der Waals surface area contributed by atoms with Crippen molar-refractivity contribution in [3.63, 3.8) is 0 Å². The topological polar surface area (TPSA) is 92.4 Å². The van der Waals surface area contributed by atoms with Crippen molar-refractivity contribution in [1.29, 1.82) is 0 Å². The van der Waals surface area contributed by atoms with Crippen LogP contribution < -0.4 is 15.9 Å². The van der Waals surface area contributed by atoms with E-state index in [0.717, 1.165) is 6.42 Å². The number of hydrazine groups is 1. The van der Waals surface area contributed by atoms with E-state index in [1.54, 1.807) is 0 Å². The van der Waals surface area contributed by atoms with Crippen molar-refractivity contribution >= 4 is 11.7 Å². The van der Waals surface area contributed by atoms with Gasteiger partial charge in [0.2, 0.25) is 5.91 Å². The number of carbonyl (C=O) groups excluding carboxylic acids is 1. The summed E-state index contributed by atoms with van der Waals surface area (Å²) in [5.41, 5.74) is 8.96. The molecule has 1 aromatic carbocycles. The number of morpholine rings is 1. The first-order valence-electron chi connectivity index (χ1n) is 10.8. The summed E-state index contributed by atoms with van der Waals surface area (Å²) < 4.78 is 52.9. The summed E-state index contributed by atoms with van der Waals surface area (Å²) in [6, 6.07) is 2.67. The molecule has 1 fully saturated rings. The zero-order chi connectivity index (χ0) is 24.1. The number of fused-ring (bicyclic) bond motifs is 2. The standard InChI is InChI=1S/C20H22F3N5O3.C2H6/c1-2-5-30-15-4-3-12(21)6-11(15)8-27-14(17(22)23)10-31-16-9-28-19(26-20(16)27)13(7-25-28)18(24)29;1-2/h3-4,6,9,14,17,25H,2,5,7-8,10H2,1H3,(H2,24,29);1-2H3. The second kappa shape index (κ2) is 10.6. The van der Waals surface area contributed by atoms with Crippen molar-refractivity contribution in [3.05, 3.63) is 52.9 Å². The Hall–Kier alpha value is -3.21. The zero-order valence-electron chi connectivity index (χ0n) is 18.8. The third kappa shape index (κ3) is 5.08. The molecule has 3 aliphatic heterocycles. The number of primary amides is 1. The number of nitrogens with two attached hydrogens (primary N) is 1. The smallest absolute Gasteiger partial charge is 0.261 e. The highest BCUT2D eigenvalue weighted by Crippen LogP contribution is 2.32. The van der Waals surface area contributed by atoms with Gasteiger partial charge < -0.3 is 20.1 Å². The summed E-state index contributed by atoms with van der Waals surface area (Å²) in [5.74, 6) is -0.170. The van der Waals surface area contributed by atoms with Gasteiger partial charge in [0.05, 0.1) is 18.4 Å². The molecule has 3 aliphatic rings. The molecule has 4 rings (SSSR count). The highest BCUT2D eigenvalue weighted by atomic mass is 19.3. The number of hydrogen-bond acceptors (Lipinski definition) is 7. The summed E-state index contributed by atoms with van der Waals surface area (Å²) in [5, 5.41) is 1.47. The van der Waals surface area contributed by atoms with Crippen LogP contribution in [0.4, 0.5) is 13.2 Å². The molecule has 1 aromatic rings. The second-order valence-corrected chi connectivity index (χ2v) is 7.24. The van der Waals surface area contributed by atoms with E-state index in [4.69, 9.17) is 15.2 Å². The van der Waals surface area contributed by atoms with Gasteiger partial charge in [-0.3, -0.25) is 9.80 Å². The Balaban J connectivity index is 0.00000149. The number of amidine groups is 1. The maximum Gasteiger partial charge on any atom is 0.261 e. The summed E-state index contributed by atoms with van der Waals surface area (Å²) in [6.07, 6.45) is -0.481. The SMILES string of the molecule is CC.CCCOc1ccc(F)cc1CN1C2=NC3=C(C(N)=O)CNN3C=C2OCC1C(F)F. The molecule has 11 heteroatoms. The number of nitrogens with zero attached hydrogens (tertiary/aromatic N) is 3. The van der Waals surface area contributed by atoms with Gasteiger partial charge in [0.25, 0.3) is 6.43 Å². The molecular formula is C22H28F3N5O3. The van der Waals surface area contributed by atoms with Crippen LogP contribution in [-0.4, -0.2) is 53.9 Å². The summed E-state index contributed by atoms with van der Waals surface area (Å²) in [6.45, 7) is 6.12. The molecule has 0 aromatic heterocycles. The van der Waals surface area contributed by atoms with Crippen LogP contribution in [0.1, 0.15) is 32.8 Å². The van der Waals surface area contributed by atoms with Crippen LogP contribution >= 0.6 is 0 Å². The molecule has 0 saturated carbocycles. The quantitative estimate of drug-likeness (QED) is 0.641. The van der Waals surface area contributed by atoms with E-state index in [2.05, 4.69) is 10.4 Å². The van der Waals surface area contributed by atoms with Crippen LogP contribution in [0.25, 0.3) is 0 Å². The fourth-order valence-corrected chi connectivity index (χ4v) is 3.56. The van der Waals surface area contributed by atoms with Crippen molar-refractivity contribution in [2.45, 2.75) is 46.2 Å². The number of rotatable bonds is 7. The normalized spacial score (nSPS) is 19.2. The molecule has 3 heterocycles. The number of carbonyl (C=O) groups is 1. The highest BCUT2D eigenvalue weighted by Gasteiger charge is 2.41. The van der Waals surface area contributed by atoms with E-state index in [9.17, 15) is 18.0 Å². The number of nitrogens with one attached hydrogen (secondary N) is 1. The van der Waals surface area contributed by atoms with Crippen molar-refractivity contribution in [2.24, 2.45) is 10.7 Å². The minimum absolute atomic E-state index is 0.0854. The van der Waals surface area contributed by atoms with Crippen LogP contribution in [0, 0.1) is 5.82 Å². The number of halogens is 3. The van der Waals surface area contributed by atoms with Crippen molar-refractivity contribution < 1.29 is 27.4 Å². The van der Waals surface area contributed by atoms with Crippen LogP contribution in [0.15, 0.2) is 46.5 Å². The first kappa shape index (κ1) is 24.4. The average Bonchev–Trinajstić information content (AvgIpc) is 3.22. The van der Waals surface area contributed by atoms with Gasteiger partial charge in [-0.15, -0.1) is 0 Å². The van der Waals surface area contributed by atoms with E-state index in [1.807, 2.05) is 20.8 Å². The molecule has 3 N–H and O–H groups in total. The number of ether oxygens (including phenoxy) is 2. The number of hydrogen-bond donors (Lipinski definition) is 2. The van der Waals surface area contributed by atoms with E-state index < -0.39 is 24.2 Å². The van der Waals surface area contributed by atoms with Gasteiger partial charge >= 0.3 is 0 Å². The lowest BCUT2D eigenvalue weighted by molar-refractivity contribution is -0.114. The third-order valence-corrected chi connectivity index (χ3v) is 5.10. The van der Waals surface area contributed by atoms with Crippen molar-refractivity contribution in [2.75, 3.05) is 19.8 Å². The van der Waals surface area contributed by atoms with Gasteiger partial charge in [0, 0.05) is 18.7 Å². The molecule has 0 radical (unpaired) electrons. The fourth-order valence-electron chi connectivity index (χ4n) is 3.56. The Bertz CT molecular complexity index is 980. The molecule has 1 amide bonds. The van der Waals surface area contributed by atoms with Crippen LogP contribution in [0.2, 0.25) is 0 Å². The fraction of sp³-hybridized carbons (Fsp3) is 0.455. The minimum atomic E-state index is -2.75. The Morgan fingerprint density at radius 3 is 2.82 bits per heavy atom. The lowest BCUT2D eigenvalue weighted by atomic mass is 10.1. The third-order valence-electron chi connectivity index (χ3n) is 5.10. The monoisotopic (exact) mass is 467 g/mol. The first-order chi connectivity index (χ1) is 15.9. The minimum Gasteiger partial charge on any atom is -0.493 e. The number of aliphatic imine (C=N–C) groups is 1. The first-order valence-corrected chi connectivity index (χ1v) is 10.8. The summed E-state index contributed by atoms with van der Waals surface area (Å²) in [7, 11) is 0. The molecule has 0 spiro atoms. The Morgan fingerprint density at radius 1 is 1.39 bits per heavy atom. The van der Waals surface area contributed by atoms with Gasteiger partial charge in [-0.05, 0) is 24.6 Å². The van der Waals surface area contributed by atoms with Crippen LogP contribution in [0.3, 0.4) is 0 Å². The molecule has 0 bridgehead atoms. The Morgan fingerprint density at radius 2 is 2.15 bits per heavy atom. The molecular weight excluding hydrogens is 439 g/mol. The lowest BCUT2D eigenvalue weighted by Gasteiger charge is -2.40. The molecule has 1 atom stereocenters. The Labute approximate surface area is 190 Å². The molecule has 33 heavy (non-hydrogen) atoms. The van der Waals surface area contributed by atoms with E-state index in [1.165, 1.54) is 34.3 Å². The average molecular weight is 467 g/mol. The lowest BCUT2D eigenvalue weighted by Crippen LogP contribution is -2.53. The van der Waals surface area contributed by atoms with Crippen LogP contribution in [-0.2, 0) is 16.1 Å². The van der Waals surface area contributed by atoms with Gasteiger partial charge in [-0.1, -0.05) is 20.8 Å². The molecule has 0 aliphatic carbocycles. The van der Waals surface area contributed by atoms with E-state index in [0.29, 0.717) is 17.9 Å². The maximum absolute atomic E-state index is 14.0. The van der Waals surface area contributed by atoms with Gasteiger partial charge in [-0.25, -0.2) is 23.6 Å². The zero-order valence-corrected chi connectivity index (χ0v) is 18.8. The van der Waals surface area contributed by atoms with Gasteiger partial charge in [-0.2, -0.15) is 0 Å². The number of amides is 1. The van der Waals surface area contributed by atoms with Gasteiger partial charge in [0.1, 0.15) is 24.2 Å². The van der Waals surface area contributed by atoms with Gasteiger partial charge in [0.15, 0.2) is 17.4 Å². The summed E-state index contributed by atoms with van der Waals surface area (Å²) >= 11 is 0. The molecule has 1 unspecified atom stereocenters. The van der Waals surface area contributed by atoms with Crippen molar-refractivity contribution in [1.82, 2.24) is 15.3 Å². The highest BCUT2D eigenvalue weighted by molar-refractivity contribution is 6.00. The number of alkyl halides is 2. The van der Waals surface area contributed by atoms with Crippen molar-refractivity contribution in [3.8, 4) is 5.75 Å². The number of benzene rings is 1. The largest absolute Gasteiger partial charge is 0.493 e. The summed E-state index contributed by atoms with van der Waals surface area (Å²) in [4.78, 5) is 17.5. The maximum atomic E-state index is 14.0. The molecule has 8 nitrogen and oxygen atoms in total. The molecule has 1 saturated heterocycles. The Kier molecular flexibility index (Phi) is 7.85.